The first-order valence-corrected chi connectivity index (χ1v) is 8.49. The van der Waals surface area contributed by atoms with Crippen molar-refractivity contribution in [3.63, 3.8) is 0 Å². The molecule has 1 aliphatic carbocycles. The highest BCUT2D eigenvalue weighted by molar-refractivity contribution is 6.33. The van der Waals surface area contributed by atoms with Crippen LogP contribution in [-0.4, -0.2) is 5.78 Å². The molecule has 3 heteroatoms. The van der Waals surface area contributed by atoms with Gasteiger partial charge in [0.25, 0.3) is 0 Å². The Morgan fingerprint density at radius 2 is 1.76 bits per heavy atom. The molecule has 21 heavy (non-hydrogen) atoms. The van der Waals surface area contributed by atoms with E-state index in [9.17, 15) is 4.79 Å². The minimum Gasteiger partial charge on any atom is -0.299 e. The van der Waals surface area contributed by atoms with Crippen LogP contribution in [0.3, 0.4) is 0 Å². The van der Waals surface area contributed by atoms with Gasteiger partial charge in [0.2, 0.25) is 0 Å². The Balaban J connectivity index is 1.95. The summed E-state index contributed by atoms with van der Waals surface area (Å²) in [6.45, 7) is 6.89. The highest BCUT2D eigenvalue weighted by Gasteiger charge is 2.32. The smallest absolute Gasteiger partial charge is 0.140 e. The molecule has 0 heterocycles. The average Bonchev–Trinajstić information content (AvgIpc) is 2.42. The van der Waals surface area contributed by atoms with Crippen molar-refractivity contribution in [2.45, 2.75) is 52.9 Å². The fraction of sp³-hybridized carbons (Fsp3) is 0.611. The molecule has 1 fully saturated rings. The fourth-order valence-corrected chi connectivity index (χ4v) is 3.67. The summed E-state index contributed by atoms with van der Waals surface area (Å²) in [7, 11) is 0. The van der Waals surface area contributed by atoms with E-state index in [1.54, 1.807) is 12.1 Å². The van der Waals surface area contributed by atoms with E-state index in [1.807, 2.05) is 6.07 Å². The number of benzene rings is 1. The van der Waals surface area contributed by atoms with E-state index in [0.717, 1.165) is 37.2 Å². The number of hydrogen-bond donors (Lipinski definition) is 0. The number of ketones is 1. The first-order valence-electron chi connectivity index (χ1n) is 7.74. The van der Waals surface area contributed by atoms with Crippen LogP contribution >= 0.6 is 23.2 Å². The Bertz CT molecular complexity index is 508. The number of hydrogen-bond acceptors (Lipinski definition) is 1. The second-order valence-electron chi connectivity index (χ2n) is 7.29. The van der Waals surface area contributed by atoms with Crippen molar-refractivity contribution in [1.82, 2.24) is 0 Å². The van der Waals surface area contributed by atoms with Crippen LogP contribution in [0, 0.1) is 17.3 Å². The standard InChI is InChI=1S/C18H24Cl2O/c1-18(2,3)14-6-4-12(5-7-14)17(21)11-13-10-15(19)8-9-16(13)20/h8-10,12,14H,4-7,11H2,1-3H3. The summed E-state index contributed by atoms with van der Waals surface area (Å²) in [6.07, 6.45) is 4.74. The van der Waals surface area contributed by atoms with Crippen LogP contribution in [-0.2, 0) is 11.2 Å². The maximum absolute atomic E-state index is 12.5. The summed E-state index contributed by atoms with van der Waals surface area (Å²) in [6, 6.07) is 5.33. The minimum absolute atomic E-state index is 0.193. The predicted octanol–water partition coefficient (Wildman–Crippen LogP) is 5.96. The minimum atomic E-state index is 0.193. The zero-order chi connectivity index (χ0) is 15.6. The van der Waals surface area contributed by atoms with E-state index in [-0.39, 0.29) is 5.92 Å². The maximum atomic E-state index is 12.5. The Hall–Kier alpha value is -0.530. The van der Waals surface area contributed by atoms with E-state index in [0.29, 0.717) is 27.7 Å². The fourth-order valence-electron chi connectivity index (χ4n) is 3.29. The molecule has 0 bridgehead atoms. The number of halogens is 2. The van der Waals surface area contributed by atoms with Crippen molar-refractivity contribution in [3.05, 3.63) is 33.8 Å². The van der Waals surface area contributed by atoms with Crippen LogP contribution in [0.4, 0.5) is 0 Å². The summed E-state index contributed by atoms with van der Waals surface area (Å²) in [5.41, 5.74) is 1.21. The van der Waals surface area contributed by atoms with Crippen molar-refractivity contribution in [3.8, 4) is 0 Å². The predicted molar refractivity (Wildman–Crippen MR) is 90.1 cm³/mol. The maximum Gasteiger partial charge on any atom is 0.140 e. The monoisotopic (exact) mass is 326 g/mol. The summed E-state index contributed by atoms with van der Waals surface area (Å²) < 4.78 is 0. The van der Waals surface area contributed by atoms with Crippen molar-refractivity contribution < 1.29 is 4.79 Å². The quantitative estimate of drug-likeness (QED) is 0.669. The molecular formula is C18H24Cl2O. The van der Waals surface area contributed by atoms with Gasteiger partial charge in [-0.2, -0.15) is 0 Å². The Morgan fingerprint density at radius 1 is 1.14 bits per heavy atom. The number of carbonyl (C=O) groups excluding carboxylic acids is 1. The van der Waals surface area contributed by atoms with Crippen LogP contribution in [0.2, 0.25) is 10.0 Å². The molecule has 1 saturated carbocycles. The molecule has 0 unspecified atom stereocenters. The molecule has 0 radical (unpaired) electrons. The van der Waals surface area contributed by atoms with Crippen LogP contribution in [0.5, 0.6) is 0 Å². The molecule has 0 amide bonds. The van der Waals surface area contributed by atoms with Gasteiger partial charge in [0.15, 0.2) is 0 Å². The van der Waals surface area contributed by atoms with Gasteiger partial charge in [-0.25, -0.2) is 0 Å². The molecule has 0 atom stereocenters. The number of Topliss-reactive ketones (excluding diaryl/α,β-unsaturated/α-hetero) is 1. The van der Waals surface area contributed by atoms with Crippen molar-refractivity contribution >= 4 is 29.0 Å². The lowest BCUT2D eigenvalue weighted by molar-refractivity contribution is -0.123. The van der Waals surface area contributed by atoms with Gasteiger partial charge in [-0.15, -0.1) is 0 Å². The molecule has 116 valence electrons. The van der Waals surface area contributed by atoms with Gasteiger partial charge >= 0.3 is 0 Å². The van der Waals surface area contributed by atoms with Crippen LogP contribution < -0.4 is 0 Å². The first kappa shape index (κ1) is 16.8. The van der Waals surface area contributed by atoms with Crippen molar-refractivity contribution in [2.75, 3.05) is 0 Å². The lowest BCUT2D eigenvalue weighted by Crippen LogP contribution is -2.29. The summed E-state index contributed by atoms with van der Waals surface area (Å²) in [5, 5.41) is 1.27. The number of carbonyl (C=O) groups is 1. The Kier molecular flexibility index (Phi) is 5.38. The van der Waals surface area contributed by atoms with Crippen molar-refractivity contribution in [2.24, 2.45) is 17.3 Å². The van der Waals surface area contributed by atoms with E-state index in [2.05, 4.69) is 20.8 Å². The third-order valence-corrected chi connectivity index (χ3v) is 5.38. The Morgan fingerprint density at radius 3 is 2.33 bits per heavy atom. The topological polar surface area (TPSA) is 17.1 Å². The van der Waals surface area contributed by atoms with Crippen molar-refractivity contribution in [1.29, 1.82) is 0 Å². The van der Waals surface area contributed by atoms with E-state index in [4.69, 9.17) is 23.2 Å². The molecule has 2 rings (SSSR count). The normalized spacial score (nSPS) is 23.1. The molecular weight excluding hydrogens is 303 g/mol. The first-order chi connectivity index (χ1) is 9.77. The third-order valence-electron chi connectivity index (χ3n) is 4.78. The van der Waals surface area contributed by atoms with E-state index >= 15 is 0 Å². The summed E-state index contributed by atoms with van der Waals surface area (Å²) >= 11 is 12.1. The third kappa shape index (κ3) is 4.47. The molecule has 0 saturated heterocycles. The zero-order valence-electron chi connectivity index (χ0n) is 13.1. The SMILES string of the molecule is CC(C)(C)C1CCC(C(=O)Cc2cc(Cl)ccc2Cl)CC1. The lowest BCUT2D eigenvalue weighted by atomic mass is 9.69. The van der Waals surface area contributed by atoms with Gasteiger partial charge in [-0.05, 0) is 60.8 Å². The van der Waals surface area contributed by atoms with Gasteiger partial charge in [0.1, 0.15) is 5.78 Å². The molecule has 0 aromatic heterocycles. The summed E-state index contributed by atoms with van der Waals surface area (Å²) in [5.74, 6) is 1.24. The largest absolute Gasteiger partial charge is 0.299 e. The molecule has 0 spiro atoms. The number of rotatable bonds is 3. The highest BCUT2D eigenvalue weighted by atomic mass is 35.5. The van der Waals surface area contributed by atoms with E-state index in [1.165, 1.54) is 0 Å². The van der Waals surface area contributed by atoms with Crippen LogP contribution in [0.1, 0.15) is 52.0 Å². The van der Waals surface area contributed by atoms with E-state index < -0.39 is 0 Å². The van der Waals surface area contributed by atoms with Gasteiger partial charge < -0.3 is 0 Å². The Labute approximate surface area is 138 Å². The lowest BCUT2D eigenvalue weighted by Gasteiger charge is -2.36. The second-order valence-corrected chi connectivity index (χ2v) is 8.14. The van der Waals surface area contributed by atoms with Gasteiger partial charge in [0, 0.05) is 22.4 Å². The summed E-state index contributed by atoms with van der Waals surface area (Å²) in [4.78, 5) is 12.5. The van der Waals surface area contributed by atoms with Gasteiger partial charge in [-0.3, -0.25) is 4.79 Å². The van der Waals surface area contributed by atoms with Crippen LogP contribution in [0.15, 0.2) is 18.2 Å². The molecule has 0 aliphatic heterocycles. The molecule has 1 aliphatic rings. The highest BCUT2D eigenvalue weighted by Crippen LogP contribution is 2.40. The zero-order valence-corrected chi connectivity index (χ0v) is 14.6. The molecule has 1 aromatic carbocycles. The molecule has 0 N–H and O–H groups in total. The van der Waals surface area contributed by atoms with Crippen LogP contribution in [0.25, 0.3) is 0 Å². The second kappa shape index (κ2) is 6.71. The molecule has 1 aromatic rings. The average molecular weight is 327 g/mol. The molecule has 1 nitrogen and oxygen atoms in total. The van der Waals surface area contributed by atoms with Gasteiger partial charge in [0.05, 0.1) is 0 Å². The van der Waals surface area contributed by atoms with Gasteiger partial charge in [-0.1, -0.05) is 44.0 Å².